The van der Waals surface area contributed by atoms with E-state index in [-0.39, 0.29) is 6.10 Å². The molecule has 2 aliphatic rings. The minimum atomic E-state index is -0.193. The highest BCUT2D eigenvalue weighted by atomic mass is 16.3. The molecule has 0 unspecified atom stereocenters. The van der Waals surface area contributed by atoms with Crippen LogP contribution in [0.1, 0.15) is 32.1 Å². The van der Waals surface area contributed by atoms with Gasteiger partial charge in [-0.25, -0.2) is 0 Å². The monoisotopic (exact) mass is 198 g/mol. The summed E-state index contributed by atoms with van der Waals surface area (Å²) in [4.78, 5) is 2.55. The third-order valence-corrected chi connectivity index (χ3v) is 3.71. The standard InChI is InChI=1S/C11H22N2O/c1-12-7-11(14)8-13-9-3-2-4-10(13)6-5-9/h9-12,14H,2-8H2,1H3/t9-,10+,11-/m1/s1. The number of piperidine rings is 1. The first-order valence-electron chi connectivity index (χ1n) is 5.89. The van der Waals surface area contributed by atoms with Crippen molar-refractivity contribution in [3.63, 3.8) is 0 Å². The molecular formula is C11H22N2O. The Morgan fingerprint density at radius 1 is 1.29 bits per heavy atom. The third-order valence-electron chi connectivity index (χ3n) is 3.71. The number of aliphatic hydroxyl groups is 1. The maximum Gasteiger partial charge on any atom is 0.0791 e. The molecule has 3 nitrogen and oxygen atoms in total. The van der Waals surface area contributed by atoms with Crippen LogP contribution in [0.3, 0.4) is 0 Å². The van der Waals surface area contributed by atoms with Crippen LogP contribution in [0.25, 0.3) is 0 Å². The van der Waals surface area contributed by atoms with E-state index in [1.54, 1.807) is 0 Å². The summed E-state index contributed by atoms with van der Waals surface area (Å²) in [5.41, 5.74) is 0. The van der Waals surface area contributed by atoms with Gasteiger partial charge in [-0.3, -0.25) is 4.90 Å². The molecule has 2 rings (SSSR count). The van der Waals surface area contributed by atoms with Crippen molar-refractivity contribution in [3.8, 4) is 0 Å². The van der Waals surface area contributed by atoms with Gasteiger partial charge in [0.05, 0.1) is 6.10 Å². The Bertz CT molecular complexity index is 170. The quantitative estimate of drug-likeness (QED) is 0.694. The van der Waals surface area contributed by atoms with E-state index in [0.29, 0.717) is 0 Å². The SMILES string of the molecule is CNC[C@@H](O)CN1[C@@H]2CCC[C@H]1CC2. The molecule has 2 fully saturated rings. The number of fused-ring (bicyclic) bond motifs is 2. The summed E-state index contributed by atoms with van der Waals surface area (Å²) in [5.74, 6) is 0. The number of nitrogens with one attached hydrogen (secondary N) is 1. The summed E-state index contributed by atoms with van der Waals surface area (Å²) in [5, 5.41) is 12.8. The van der Waals surface area contributed by atoms with E-state index in [0.717, 1.165) is 25.2 Å². The molecule has 82 valence electrons. The van der Waals surface area contributed by atoms with Gasteiger partial charge >= 0.3 is 0 Å². The lowest BCUT2D eigenvalue weighted by Gasteiger charge is -2.35. The Balaban J connectivity index is 1.85. The largest absolute Gasteiger partial charge is 0.390 e. The summed E-state index contributed by atoms with van der Waals surface area (Å²) in [6.07, 6.45) is 6.62. The van der Waals surface area contributed by atoms with E-state index in [2.05, 4.69) is 10.2 Å². The van der Waals surface area contributed by atoms with E-state index in [1.807, 2.05) is 7.05 Å². The number of nitrogens with zero attached hydrogens (tertiary/aromatic N) is 1. The molecule has 3 heteroatoms. The number of hydrogen-bond donors (Lipinski definition) is 2. The van der Waals surface area contributed by atoms with Gasteiger partial charge in [-0.15, -0.1) is 0 Å². The predicted molar refractivity (Wildman–Crippen MR) is 57.3 cm³/mol. The molecule has 14 heavy (non-hydrogen) atoms. The summed E-state index contributed by atoms with van der Waals surface area (Å²) in [6, 6.07) is 1.56. The van der Waals surface area contributed by atoms with Crippen LogP contribution in [0.5, 0.6) is 0 Å². The maximum absolute atomic E-state index is 9.76. The zero-order valence-electron chi connectivity index (χ0n) is 9.08. The van der Waals surface area contributed by atoms with Crippen molar-refractivity contribution in [1.29, 1.82) is 0 Å². The van der Waals surface area contributed by atoms with Gasteiger partial charge in [0.25, 0.3) is 0 Å². The molecule has 0 saturated carbocycles. The van der Waals surface area contributed by atoms with Crippen LogP contribution in [0.4, 0.5) is 0 Å². The van der Waals surface area contributed by atoms with Gasteiger partial charge in [0, 0.05) is 25.2 Å². The van der Waals surface area contributed by atoms with Gasteiger partial charge in [-0.05, 0) is 32.7 Å². The van der Waals surface area contributed by atoms with Crippen LogP contribution >= 0.6 is 0 Å². The van der Waals surface area contributed by atoms with Gasteiger partial charge < -0.3 is 10.4 Å². The lowest BCUT2D eigenvalue weighted by Crippen LogP contribution is -2.46. The molecule has 2 N–H and O–H groups in total. The Labute approximate surface area is 86.5 Å². The summed E-state index contributed by atoms with van der Waals surface area (Å²) >= 11 is 0. The average molecular weight is 198 g/mol. The van der Waals surface area contributed by atoms with Gasteiger partial charge in [-0.2, -0.15) is 0 Å². The highest BCUT2D eigenvalue weighted by molar-refractivity contribution is 4.92. The van der Waals surface area contributed by atoms with Crippen molar-refractivity contribution in [3.05, 3.63) is 0 Å². The topological polar surface area (TPSA) is 35.5 Å². The molecule has 2 bridgehead atoms. The lowest BCUT2D eigenvalue weighted by molar-refractivity contribution is 0.0632. The van der Waals surface area contributed by atoms with Crippen molar-refractivity contribution in [1.82, 2.24) is 10.2 Å². The summed E-state index contributed by atoms with van der Waals surface area (Å²) in [7, 11) is 1.90. The van der Waals surface area contributed by atoms with Crippen LogP contribution in [0.15, 0.2) is 0 Å². The molecule has 2 saturated heterocycles. The van der Waals surface area contributed by atoms with Crippen LogP contribution < -0.4 is 5.32 Å². The zero-order valence-corrected chi connectivity index (χ0v) is 9.08. The van der Waals surface area contributed by atoms with Crippen LogP contribution in [0.2, 0.25) is 0 Å². The molecule has 0 radical (unpaired) electrons. The van der Waals surface area contributed by atoms with Crippen molar-refractivity contribution in [2.45, 2.75) is 50.3 Å². The number of rotatable bonds is 4. The first-order chi connectivity index (χ1) is 6.81. The summed E-state index contributed by atoms with van der Waals surface area (Å²) < 4.78 is 0. The Morgan fingerprint density at radius 2 is 1.93 bits per heavy atom. The second-order valence-electron chi connectivity index (χ2n) is 4.72. The highest BCUT2D eigenvalue weighted by Gasteiger charge is 2.36. The number of aliphatic hydroxyl groups excluding tert-OH is 1. The van der Waals surface area contributed by atoms with E-state index in [4.69, 9.17) is 0 Å². The van der Waals surface area contributed by atoms with Gasteiger partial charge in [0.15, 0.2) is 0 Å². The van der Waals surface area contributed by atoms with E-state index >= 15 is 0 Å². The fourth-order valence-electron chi connectivity index (χ4n) is 3.07. The van der Waals surface area contributed by atoms with Crippen molar-refractivity contribution in [2.24, 2.45) is 0 Å². The van der Waals surface area contributed by atoms with E-state index in [9.17, 15) is 5.11 Å². The van der Waals surface area contributed by atoms with Gasteiger partial charge in [0.2, 0.25) is 0 Å². The molecule has 0 spiro atoms. The molecule has 2 aliphatic heterocycles. The molecule has 0 aromatic heterocycles. The average Bonchev–Trinajstić information content (AvgIpc) is 2.41. The summed E-state index contributed by atoms with van der Waals surface area (Å²) in [6.45, 7) is 1.59. The zero-order chi connectivity index (χ0) is 9.97. The maximum atomic E-state index is 9.76. The van der Waals surface area contributed by atoms with Crippen LogP contribution in [-0.2, 0) is 0 Å². The van der Waals surface area contributed by atoms with Crippen LogP contribution in [0, 0.1) is 0 Å². The number of likely N-dealkylation sites (N-methyl/N-ethyl adjacent to an activating group) is 1. The van der Waals surface area contributed by atoms with Crippen molar-refractivity contribution >= 4 is 0 Å². The smallest absolute Gasteiger partial charge is 0.0791 e. The molecule has 0 aromatic rings. The first-order valence-corrected chi connectivity index (χ1v) is 5.89. The predicted octanol–water partition coefficient (Wildman–Crippen LogP) is 0.584. The van der Waals surface area contributed by atoms with E-state index < -0.39 is 0 Å². The molecule has 2 heterocycles. The fourth-order valence-corrected chi connectivity index (χ4v) is 3.07. The Morgan fingerprint density at radius 3 is 2.50 bits per heavy atom. The molecule has 3 atom stereocenters. The van der Waals surface area contributed by atoms with Gasteiger partial charge in [-0.1, -0.05) is 6.42 Å². The third kappa shape index (κ3) is 2.10. The fraction of sp³-hybridized carbons (Fsp3) is 1.00. The van der Waals surface area contributed by atoms with Gasteiger partial charge in [0.1, 0.15) is 0 Å². The molecule has 0 aromatic carbocycles. The Kier molecular flexibility index (Phi) is 3.42. The minimum absolute atomic E-state index is 0.193. The van der Waals surface area contributed by atoms with Crippen molar-refractivity contribution in [2.75, 3.05) is 20.1 Å². The Hall–Kier alpha value is -0.120. The molecule has 0 amide bonds. The second-order valence-corrected chi connectivity index (χ2v) is 4.72. The second kappa shape index (κ2) is 4.60. The minimum Gasteiger partial charge on any atom is -0.390 e. The molecular weight excluding hydrogens is 176 g/mol. The first kappa shape index (κ1) is 10.4. The van der Waals surface area contributed by atoms with Crippen molar-refractivity contribution < 1.29 is 5.11 Å². The highest BCUT2D eigenvalue weighted by Crippen LogP contribution is 2.35. The van der Waals surface area contributed by atoms with E-state index in [1.165, 1.54) is 32.1 Å². The molecule has 0 aliphatic carbocycles. The normalized spacial score (nSPS) is 34.7. The van der Waals surface area contributed by atoms with Crippen LogP contribution in [-0.4, -0.2) is 48.3 Å². The number of hydrogen-bond acceptors (Lipinski definition) is 3. The lowest BCUT2D eigenvalue weighted by atomic mass is 10.0.